The number of carbonyl (C=O) groups excluding carboxylic acids is 1. The van der Waals surface area contributed by atoms with Crippen molar-refractivity contribution in [3.63, 3.8) is 0 Å². The van der Waals surface area contributed by atoms with Crippen molar-refractivity contribution in [3.8, 4) is 0 Å². The molecule has 1 heterocycles. The van der Waals surface area contributed by atoms with Crippen LogP contribution in [-0.4, -0.2) is 66.8 Å². The van der Waals surface area contributed by atoms with Gasteiger partial charge >= 0.3 is 6.09 Å². The third-order valence-electron chi connectivity index (χ3n) is 4.62. The van der Waals surface area contributed by atoms with E-state index in [0.717, 1.165) is 45.4 Å². The number of likely N-dealkylation sites (N-methyl/N-ethyl adjacent to an activating group) is 1. The smallest absolute Gasteiger partial charge is 0.410 e. The Kier molecular flexibility index (Phi) is 8.34. The SMILES string of the molecule is CCC(C)N(C)CCNC1CCCN(C(=O)OC(C)(C)C)CC1. The Morgan fingerprint density at radius 1 is 1.35 bits per heavy atom. The molecule has 0 aromatic carbocycles. The van der Waals surface area contributed by atoms with E-state index < -0.39 is 5.60 Å². The summed E-state index contributed by atoms with van der Waals surface area (Å²) in [5, 5.41) is 3.66. The van der Waals surface area contributed by atoms with E-state index in [1.807, 2.05) is 25.7 Å². The number of hydrogen-bond acceptors (Lipinski definition) is 4. The lowest BCUT2D eigenvalue weighted by molar-refractivity contribution is 0.0256. The lowest BCUT2D eigenvalue weighted by Crippen LogP contribution is -2.40. The van der Waals surface area contributed by atoms with Crippen LogP contribution >= 0.6 is 0 Å². The van der Waals surface area contributed by atoms with Crippen molar-refractivity contribution in [2.75, 3.05) is 33.2 Å². The highest BCUT2D eigenvalue weighted by atomic mass is 16.6. The summed E-state index contributed by atoms with van der Waals surface area (Å²) in [4.78, 5) is 16.4. The summed E-state index contributed by atoms with van der Waals surface area (Å²) in [5.74, 6) is 0. The van der Waals surface area contributed by atoms with Gasteiger partial charge in [-0.15, -0.1) is 0 Å². The second-order valence-electron chi connectivity index (χ2n) is 7.79. The molecule has 1 aliphatic rings. The van der Waals surface area contributed by atoms with Crippen LogP contribution in [0.15, 0.2) is 0 Å². The molecule has 0 bridgehead atoms. The Morgan fingerprint density at radius 2 is 2.04 bits per heavy atom. The van der Waals surface area contributed by atoms with E-state index in [9.17, 15) is 4.79 Å². The predicted octanol–water partition coefficient (Wildman–Crippen LogP) is 3.10. The van der Waals surface area contributed by atoms with Crippen LogP contribution in [0.3, 0.4) is 0 Å². The monoisotopic (exact) mass is 327 g/mol. The molecule has 0 radical (unpaired) electrons. The normalized spacial score (nSPS) is 21.2. The van der Waals surface area contributed by atoms with E-state index in [4.69, 9.17) is 4.74 Å². The Hall–Kier alpha value is -0.810. The minimum absolute atomic E-state index is 0.172. The zero-order chi connectivity index (χ0) is 17.5. The van der Waals surface area contributed by atoms with E-state index in [0.29, 0.717) is 12.1 Å². The van der Waals surface area contributed by atoms with Crippen LogP contribution in [0.5, 0.6) is 0 Å². The Bertz CT molecular complexity index is 355. The van der Waals surface area contributed by atoms with Gasteiger partial charge in [0.15, 0.2) is 0 Å². The molecule has 2 atom stereocenters. The van der Waals surface area contributed by atoms with E-state index >= 15 is 0 Å². The number of hydrogen-bond donors (Lipinski definition) is 1. The molecule has 0 aromatic rings. The molecule has 1 amide bonds. The Balaban J connectivity index is 2.31. The number of nitrogens with one attached hydrogen (secondary N) is 1. The summed E-state index contributed by atoms with van der Waals surface area (Å²) in [6.45, 7) is 13.9. The molecule has 23 heavy (non-hydrogen) atoms. The van der Waals surface area contributed by atoms with E-state index in [1.54, 1.807) is 0 Å². The zero-order valence-corrected chi connectivity index (χ0v) is 16.0. The summed E-state index contributed by atoms with van der Waals surface area (Å²) in [6.07, 6.45) is 4.19. The molecule has 1 fully saturated rings. The Labute approximate surface area is 142 Å². The van der Waals surface area contributed by atoms with Crippen LogP contribution in [0.25, 0.3) is 0 Å². The molecule has 0 saturated carbocycles. The fraction of sp³-hybridized carbons (Fsp3) is 0.944. The average Bonchev–Trinajstić information content (AvgIpc) is 2.70. The van der Waals surface area contributed by atoms with Gasteiger partial charge in [-0.1, -0.05) is 6.92 Å². The first-order valence-corrected chi connectivity index (χ1v) is 9.14. The summed E-state index contributed by atoms with van der Waals surface area (Å²) in [7, 11) is 2.19. The maximum Gasteiger partial charge on any atom is 0.410 e. The molecule has 1 N–H and O–H groups in total. The largest absolute Gasteiger partial charge is 0.444 e. The Morgan fingerprint density at radius 3 is 2.65 bits per heavy atom. The number of rotatable bonds is 6. The molecule has 1 aliphatic heterocycles. The highest BCUT2D eigenvalue weighted by Gasteiger charge is 2.25. The molecule has 5 heteroatoms. The molecule has 5 nitrogen and oxygen atoms in total. The minimum atomic E-state index is -0.415. The fourth-order valence-corrected chi connectivity index (χ4v) is 2.79. The molecule has 2 unspecified atom stereocenters. The molecule has 0 aliphatic carbocycles. The maximum absolute atomic E-state index is 12.2. The van der Waals surface area contributed by atoms with Gasteiger partial charge in [0.2, 0.25) is 0 Å². The van der Waals surface area contributed by atoms with Gasteiger partial charge in [0.1, 0.15) is 5.60 Å². The van der Waals surface area contributed by atoms with Crippen LogP contribution in [-0.2, 0) is 4.74 Å². The van der Waals surface area contributed by atoms with Gasteiger partial charge < -0.3 is 19.9 Å². The van der Waals surface area contributed by atoms with Crippen molar-refractivity contribution in [2.24, 2.45) is 0 Å². The third kappa shape index (κ3) is 8.02. The molecule has 1 saturated heterocycles. The van der Waals surface area contributed by atoms with Crippen molar-refractivity contribution >= 4 is 6.09 Å². The first-order valence-electron chi connectivity index (χ1n) is 9.14. The lowest BCUT2D eigenvalue weighted by Gasteiger charge is -2.26. The van der Waals surface area contributed by atoms with Crippen LogP contribution < -0.4 is 5.32 Å². The minimum Gasteiger partial charge on any atom is -0.444 e. The molecular formula is C18H37N3O2. The summed E-state index contributed by atoms with van der Waals surface area (Å²) < 4.78 is 5.48. The van der Waals surface area contributed by atoms with E-state index in [1.165, 1.54) is 6.42 Å². The van der Waals surface area contributed by atoms with Crippen LogP contribution in [0, 0.1) is 0 Å². The highest BCUT2D eigenvalue weighted by molar-refractivity contribution is 5.68. The van der Waals surface area contributed by atoms with Crippen molar-refractivity contribution in [2.45, 2.75) is 78.0 Å². The number of nitrogens with zero attached hydrogens (tertiary/aromatic N) is 2. The van der Waals surface area contributed by atoms with Crippen molar-refractivity contribution in [3.05, 3.63) is 0 Å². The number of likely N-dealkylation sites (tertiary alicyclic amines) is 1. The van der Waals surface area contributed by atoms with Crippen molar-refractivity contribution < 1.29 is 9.53 Å². The molecule has 0 spiro atoms. The standard InChI is InChI=1S/C18H37N3O2/c1-7-15(2)20(6)14-11-19-16-9-8-12-21(13-10-16)17(22)23-18(3,4)5/h15-16,19H,7-14H2,1-6H3. The first-order chi connectivity index (χ1) is 10.7. The van der Waals surface area contributed by atoms with Crippen LogP contribution in [0.1, 0.15) is 60.3 Å². The number of amides is 1. The summed E-state index contributed by atoms with van der Waals surface area (Å²) in [5.41, 5.74) is -0.415. The fourth-order valence-electron chi connectivity index (χ4n) is 2.79. The van der Waals surface area contributed by atoms with Gasteiger partial charge in [-0.3, -0.25) is 0 Å². The topological polar surface area (TPSA) is 44.8 Å². The van der Waals surface area contributed by atoms with Crippen molar-refractivity contribution in [1.29, 1.82) is 0 Å². The second kappa shape index (κ2) is 9.48. The van der Waals surface area contributed by atoms with Gasteiger partial charge in [0.25, 0.3) is 0 Å². The zero-order valence-electron chi connectivity index (χ0n) is 16.0. The van der Waals surface area contributed by atoms with E-state index in [2.05, 4.69) is 31.1 Å². The van der Waals surface area contributed by atoms with Gasteiger partial charge in [-0.2, -0.15) is 0 Å². The summed E-state index contributed by atoms with van der Waals surface area (Å²) >= 11 is 0. The molecule has 136 valence electrons. The second-order valence-corrected chi connectivity index (χ2v) is 7.79. The highest BCUT2D eigenvalue weighted by Crippen LogP contribution is 2.15. The van der Waals surface area contributed by atoms with Gasteiger partial charge in [0.05, 0.1) is 0 Å². The van der Waals surface area contributed by atoms with Crippen LogP contribution in [0.4, 0.5) is 4.79 Å². The predicted molar refractivity (Wildman–Crippen MR) is 95.8 cm³/mol. The maximum atomic E-state index is 12.2. The van der Waals surface area contributed by atoms with Gasteiger partial charge in [0, 0.05) is 38.3 Å². The number of ether oxygens (including phenoxy) is 1. The molecule has 0 aromatic heterocycles. The van der Waals surface area contributed by atoms with Crippen molar-refractivity contribution in [1.82, 2.24) is 15.1 Å². The molecule has 1 rings (SSSR count). The summed E-state index contributed by atoms with van der Waals surface area (Å²) in [6, 6.07) is 1.14. The lowest BCUT2D eigenvalue weighted by atomic mass is 10.1. The molecular weight excluding hydrogens is 290 g/mol. The quantitative estimate of drug-likeness (QED) is 0.814. The van der Waals surface area contributed by atoms with Gasteiger partial charge in [-0.05, 0) is 60.4 Å². The number of carbonyl (C=O) groups is 1. The van der Waals surface area contributed by atoms with Gasteiger partial charge in [-0.25, -0.2) is 4.79 Å². The first kappa shape index (κ1) is 20.2. The van der Waals surface area contributed by atoms with E-state index in [-0.39, 0.29) is 6.09 Å². The van der Waals surface area contributed by atoms with Crippen LogP contribution in [0.2, 0.25) is 0 Å². The third-order valence-corrected chi connectivity index (χ3v) is 4.62. The average molecular weight is 328 g/mol.